The minimum Gasteiger partial charge on any atom is -0.322 e. The van der Waals surface area contributed by atoms with Crippen LogP contribution in [0.25, 0.3) is 0 Å². The summed E-state index contributed by atoms with van der Waals surface area (Å²) in [6.45, 7) is 2.06. The second kappa shape index (κ2) is 5.40. The molecule has 3 nitrogen and oxygen atoms in total. The Hall–Kier alpha value is -2.23. The van der Waals surface area contributed by atoms with Crippen LogP contribution in [0.2, 0.25) is 0 Å². The van der Waals surface area contributed by atoms with Crippen molar-refractivity contribution in [2.45, 2.75) is 13.3 Å². The third kappa shape index (κ3) is 2.71. The van der Waals surface area contributed by atoms with Crippen molar-refractivity contribution in [2.24, 2.45) is 0 Å². The van der Waals surface area contributed by atoms with Crippen LogP contribution in [-0.2, 0) is 6.42 Å². The van der Waals surface area contributed by atoms with Crippen LogP contribution in [0.5, 0.6) is 0 Å². The van der Waals surface area contributed by atoms with Gasteiger partial charge in [0.15, 0.2) is 5.82 Å². The molecule has 92 valence electrons. The topological polar surface area (TPSA) is 42.0 Å². The Bertz CT molecular complexity index is 552. The molecule has 0 aliphatic heterocycles. The summed E-state index contributed by atoms with van der Waals surface area (Å²) in [4.78, 5) is 15.4. The number of hydrogen-bond acceptors (Lipinski definition) is 2. The highest BCUT2D eigenvalue weighted by Crippen LogP contribution is 2.12. The van der Waals surface area contributed by atoms with Gasteiger partial charge >= 0.3 is 0 Å². The van der Waals surface area contributed by atoms with Gasteiger partial charge in [-0.25, -0.2) is 4.39 Å². The fraction of sp³-hybridized carbons (Fsp3) is 0.143. The number of carbonyl (C=O) groups is 1. The van der Waals surface area contributed by atoms with E-state index in [0.29, 0.717) is 5.69 Å². The normalized spacial score (nSPS) is 10.1. The molecule has 1 aromatic heterocycles. The number of pyridine rings is 1. The smallest absolute Gasteiger partial charge is 0.258 e. The van der Waals surface area contributed by atoms with E-state index < -0.39 is 11.7 Å². The van der Waals surface area contributed by atoms with Gasteiger partial charge in [0, 0.05) is 11.9 Å². The lowest BCUT2D eigenvalue weighted by Gasteiger charge is -2.06. The molecule has 0 unspecified atom stereocenters. The van der Waals surface area contributed by atoms with Crippen LogP contribution in [0.3, 0.4) is 0 Å². The molecule has 1 aromatic carbocycles. The molecule has 2 rings (SSSR count). The van der Waals surface area contributed by atoms with E-state index in [-0.39, 0.29) is 5.56 Å². The van der Waals surface area contributed by atoms with Crippen LogP contribution in [0, 0.1) is 5.82 Å². The van der Waals surface area contributed by atoms with Crippen LogP contribution < -0.4 is 5.32 Å². The highest BCUT2D eigenvalue weighted by Gasteiger charge is 2.11. The van der Waals surface area contributed by atoms with Crippen molar-refractivity contribution in [3.05, 3.63) is 59.7 Å². The number of hydrogen-bond donors (Lipinski definition) is 1. The highest BCUT2D eigenvalue weighted by atomic mass is 19.1. The van der Waals surface area contributed by atoms with Crippen molar-refractivity contribution >= 4 is 11.6 Å². The highest BCUT2D eigenvalue weighted by molar-refractivity contribution is 6.04. The van der Waals surface area contributed by atoms with Crippen LogP contribution in [0.15, 0.2) is 42.7 Å². The van der Waals surface area contributed by atoms with E-state index in [1.165, 1.54) is 17.8 Å². The van der Waals surface area contributed by atoms with Gasteiger partial charge in [0.05, 0.1) is 11.8 Å². The first kappa shape index (κ1) is 12.2. The molecule has 0 radical (unpaired) electrons. The number of nitrogens with zero attached hydrogens (tertiary/aromatic N) is 1. The molecule has 0 aliphatic rings. The second-order valence-corrected chi connectivity index (χ2v) is 3.86. The molecular weight excluding hydrogens is 231 g/mol. The summed E-state index contributed by atoms with van der Waals surface area (Å²) in [5.41, 5.74) is 1.82. The largest absolute Gasteiger partial charge is 0.322 e. The van der Waals surface area contributed by atoms with Crippen molar-refractivity contribution in [2.75, 3.05) is 5.32 Å². The molecule has 18 heavy (non-hydrogen) atoms. The minimum absolute atomic E-state index is 0.00966. The van der Waals surface area contributed by atoms with Crippen molar-refractivity contribution in [1.29, 1.82) is 0 Å². The van der Waals surface area contributed by atoms with Crippen molar-refractivity contribution in [1.82, 2.24) is 4.98 Å². The third-order valence-electron chi connectivity index (χ3n) is 2.64. The van der Waals surface area contributed by atoms with Crippen LogP contribution in [0.4, 0.5) is 10.1 Å². The van der Waals surface area contributed by atoms with Crippen LogP contribution in [0.1, 0.15) is 22.8 Å². The predicted octanol–water partition coefficient (Wildman–Crippen LogP) is 3.04. The molecule has 1 heterocycles. The van der Waals surface area contributed by atoms with Gasteiger partial charge in [0.1, 0.15) is 0 Å². The molecule has 0 saturated carbocycles. The molecule has 0 spiro atoms. The fourth-order valence-corrected chi connectivity index (χ4v) is 1.58. The maximum Gasteiger partial charge on any atom is 0.258 e. The lowest BCUT2D eigenvalue weighted by atomic mass is 10.1. The van der Waals surface area contributed by atoms with E-state index >= 15 is 0 Å². The van der Waals surface area contributed by atoms with Gasteiger partial charge in [0.25, 0.3) is 5.91 Å². The Labute approximate surface area is 105 Å². The van der Waals surface area contributed by atoms with E-state index in [4.69, 9.17) is 0 Å². The standard InChI is InChI=1S/C14H13FN2O/c1-2-10-3-5-11(6-4-10)17-14(18)12-7-8-16-9-13(12)15/h3-9H,2H2,1H3,(H,17,18). The third-order valence-corrected chi connectivity index (χ3v) is 2.64. The van der Waals surface area contributed by atoms with Crippen LogP contribution in [-0.4, -0.2) is 10.9 Å². The van der Waals surface area contributed by atoms with Crippen molar-refractivity contribution < 1.29 is 9.18 Å². The number of carbonyl (C=O) groups excluding carboxylic acids is 1. The summed E-state index contributed by atoms with van der Waals surface area (Å²) >= 11 is 0. The van der Waals surface area contributed by atoms with E-state index in [1.807, 2.05) is 12.1 Å². The van der Waals surface area contributed by atoms with Gasteiger partial charge in [-0.3, -0.25) is 9.78 Å². The van der Waals surface area contributed by atoms with Gasteiger partial charge in [-0.2, -0.15) is 0 Å². The van der Waals surface area contributed by atoms with Crippen LogP contribution >= 0.6 is 0 Å². The summed E-state index contributed by atoms with van der Waals surface area (Å²) in [5, 5.41) is 2.64. The van der Waals surface area contributed by atoms with Gasteiger partial charge in [-0.1, -0.05) is 19.1 Å². The Morgan fingerprint density at radius 3 is 2.61 bits per heavy atom. The first-order valence-corrected chi connectivity index (χ1v) is 5.70. The molecule has 2 aromatic rings. The number of halogens is 1. The summed E-state index contributed by atoms with van der Waals surface area (Å²) < 4.78 is 13.3. The Kier molecular flexibility index (Phi) is 3.67. The number of benzene rings is 1. The second-order valence-electron chi connectivity index (χ2n) is 3.86. The Morgan fingerprint density at radius 1 is 1.28 bits per heavy atom. The van der Waals surface area contributed by atoms with Crippen molar-refractivity contribution in [3.8, 4) is 0 Å². The maximum absolute atomic E-state index is 13.3. The molecule has 0 saturated heterocycles. The summed E-state index contributed by atoms with van der Waals surface area (Å²) in [7, 11) is 0. The lowest BCUT2D eigenvalue weighted by Crippen LogP contribution is -2.13. The number of anilines is 1. The molecular formula is C14H13FN2O. The molecule has 0 fully saturated rings. The average molecular weight is 244 g/mol. The zero-order valence-corrected chi connectivity index (χ0v) is 9.98. The monoisotopic (exact) mass is 244 g/mol. The molecule has 1 N–H and O–H groups in total. The van der Waals surface area contributed by atoms with Gasteiger partial charge in [0.2, 0.25) is 0 Å². The average Bonchev–Trinajstić information content (AvgIpc) is 2.40. The summed E-state index contributed by atoms with van der Waals surface area (Å²) in [6, 6.07) is 8.81. The van der Waals surface area contributed by atoms with E-state index in [9.17, 15) is 9.18 Å². The predicted molar refractivity (Wildman–Crippen MR) is 68.0 cm³/mol. The number of amides is 1. The number of aromatic nitrogens is 1. The Balaban J connectivity index is 2.14. The minimum atomic E-state index is -0.625. The zero-order valence-electron chi connectivity index (χ0n) is 9.98. The van der Waals surface area contributed by atoms with E-state index in [2.05, 4.69) is 17.2 Å². The molecule has 0 bridgehead atoms. The molecule has 0 aliphatic carbocycles. The van der Waals surface area contributed by atoms with E-state index in [0.717, 1.165) is 12.6 Å². The molecule has 4 heteroatoms. The van der Waals surface area contributed by atoms with Gasteiger partial charge < -0.3 is 5.32 Å². The van der Waals surface area contributed by atoms with Gasteiger partial charge in [-0.05, 0) is 30.2 Å². The van der Waals surface area contributed by atoms with Crippen molar-refractivity contribution in [3.63, 3.8) is 0 Å². The van der Waals surface area contributed by atoms with E-state index in [1.54, 1.807) is 12.1 Å². The summed E-state index contributed by atoms with van der Waals surface area (Å²) in [6.07, 6.45) is 3.35. The number of aryl methyl sites for hydroxylation is 1. The molecule has 0 atom stereocenters. The number of nitrogens with one attached hydrogen (secondary N) is 1. The Morgan fingerprint density at radius 2 is 2.00 bits per heavy atom. The number of rotatable bonds is 3. The zero-order chi connectivity index (χ0) is 13.0. The first-order valence-electron chi connectivity index (χ1n) is 5.70. The fourth-order valence-electron chi connectivity index (χ4n) is 1.58. The van der Waals surface area contributed by atoms with Gasteiger partial charge in [-0.15, -0.1) is 0 Å². The lowest BCUT2D eigenvalue weighted by molar-refractivity contribution is 0.102. The maximum atomic E-state index is 13.3. The first-order chi connectivity index (χ1) is 8.70. The summed E-state index contributed by atoms with van der Waals surface area (Å²) in [5.74, 6) is -1.10. The molecule has 1 amide bonds. The quantitative estimate of drug-likeness (QED) is 0.901. The SMILES string of the molecule is CCc1ccc(NC(=O)c2ccncc2F)cc1.